The number of ether oxygens (including phenoxy) is 2. The van der Waals surface area contributed by atoms with E-state index in [1.807, 2.05) is 0 Å². The molecule has 1 aromatic rings. The molecule has 16 heavy (non-hydrogen) atoms. The summed E-state index contributed by atoms with van der Waals surface area (Å²) < 4.78 is 11.2. The molecule has 0 atom stereocenters. The molecule has 0 aliphatic heterocycles. The predicted octanol–water partition coefficient (Wildman–Crippen LogP) is 3.06. The van der Waals surface area contributed by atoms with Crippen molar-refractivity contribution in [1.29, 1.82) is 0 Å². The standard InChI is InChI=1S/C10H8Br2O4/c1-5(13)15-9-3-7(11)8(12)4-10(9)16-6(2)14/h3-4H,1-2H3. The number of esters is 2. The van der Waals surface area contributed by atoms with Gasteiger partial charge in [-0.2, -0.15) is 0 Å². The molecule has 0 amide bonds. The lowest BCUT2D eigenvalue weighted by Crippen LogP contribution is -2.07. The minimum absolute atomic E-state index is 0.192. The van der Waals surface area contributed by atoms with E-state index in [0.29, 0.717) is 8.95 Å². The molecule has 0 heterocycles. The van der Waals surface area contributed by atoms with Gasteiger partial charge in [-0.05, 0) is 31.9 Å². The van der Waals surface area contributed by atoms with E-state index in [4.69, 9.17) is 9.47 Å². The van der Waals surface area contributed by atoms with E-state index in [1.54, 1.807) is 12.1 Å². The number of hydrogen-bond acceptors (Lipinski definition) is 4. The first-order valence-corrected chi connectivity index (χ1v) is 5.84. The summed E-state index contributed by atoms with van der Waals surface area (Å²) in [5.74, 6) is -0.583. The molecule has 0 fully saturated rings. The van der Waals surface area contributed by atoms with Crippen LogP contribution in [0.3, 0.4) is 0 Å². The predicted molar refractivity (Wildman–Crippen MR) is 64.5 cm³/mol. The summed E-state index contributed by atoms with van der Waals surface area (Å²) in [7, 11) is 0. The third-order valence-corrected chi connectivity index (χ3v) is 3.34. The first kappa shape index (κ1) is 13.2. The quantitative estimate of drug-likeness (QED) is 0.607. The van der Waals surface area contributed by atoms with Crippen molar-refractivity contribution in [2.24, 2.45) is 0 Å². The third-order valence-electron chi connectivity index (χ3n) is 1.49. The largest absolute Gasteiger partial charge is 0.423 e. The van der Waals surface area contributed by atoms with Crippen molar-refractivity contribution in [2.75, 3.05) is 0 Å². The van der Waals surface area contributed by atoms with Crippen molar-refractivity contribution in [1.82, 2.24) is 0 Å². The van der Waals surface area contributed by atoms with Gasteiger partial charge in [0.25, 0.3) is 0 Å². The molecule has 1 aromatic carbocycles. The van der Waals surface area contributed by atoms with Crippen LogP contribution in [0, 0.1) is 0 Å². The number of halogens is 2. The van der Waals surface area contributed by atoms with Crippen LogP contribution < -0.4 is 9.47 Å². The van der Waals surface area contributed by atoms with Gasteiger partial charge in [-0.15, -0.1) is 0 Å². The summed E-state index contributed by atoms with van der Waals surface area (Å²) in [4.78, 5) is 21.7. The highest BCUT2D eigenvalue weighted by Crippen LogP contribution is 2.36. The normalized spacial score (nSPS) is 9.75. The van der Waals surface area contributed by atoms with Gasteiger partial charge in [0.1, 0.15) is 0 Å². The van der Waals surface area contributed by atoms with Crippen molar-refractivity contribution >= 4 is 43.8 Å². The summed E-state index contributed by atoms with van der Waals surface area (Å²) in [5.41, 5.74) is 0. The van der Waals surface area contributed by atoms with Gasteiger partial charge in [-0.3, -0.25) is 9.59 Å². The maximum Gasteiger partial charge on any atom is 0.308 e. The molecule has 0 bridgehead atoms. The minimum Gasteiger partial charge on any atom is -0.423 e. The summed E-state index contributed by atoms with van der Waals surface area (Å²) >= 11 is 6.52. The smallest absolute Gasteiger partial charge is 0.308 e. The molecule has 0 radical (unpaired) electrons. The van der Waals surface area contributed by atoms with Crippen LogP contribution >= 0.6 is 31.9 Å². The van der Waals surface area contributed by atoms with Gasteiger partial charge >= 0.3 is 11.9 Å². The van der Waals surface area contributed by atoms with E-state index in [2.05, 4.69) is 31.9 Å². The average Bonchev–Trinajstić information content (AvgIpc) is 2.11. The van der Waals surface area contributed by atoms with Crippen LogP contribution in [0.5, 0.6) is 11.5 Å². The van der Waals surface area contributed by atoms with Crippen molar-refractivity contribution < 1.29 is 19.1 Å². The Morgan fingerprint density at radius 2 is 1.25 bits per heavy atom. The monoisotopic (exact) mass is 350 g/mol. The highest BCUT2D eigenvalue weighted by atomic mass is 79.9. The van der Waals surface area contributed by atoms with E-state index in [1.165, 1.54) is 13.8 Å². The molecular formula is C10H8Br2O4. The Morgan fingerprint density at radius 1 is 0.938 bits per heavy atom. The molecule has 4 nitrogen and oxygen atoms in total. The van der Waals surface area contributed by atoms with Crippen LogP contribution in [0.25, 0.3) is 0 Å². The first-order chi connectivity index (χ1) is 7.40. The Balaban J connectivity index is 3.15. The lowest BCUT2D eigenvalue weighted by Gasteiger charge is -2.09. The molecule has 0 saturated carbocycles. The Bertz CT molecular complexity index is 402. The zero-order valence-corrected chi connectivity index (χ0v) is 11.7. The summed E-state index contributed by atoms with van der Waals surface area (Å²) in [6.07, 6.45) is 0. The van der Waals surface area contributed by atoms with Gasteiger partial charge < -0.3 is 9.47 Å². The van der Waals surface area contributed by atoms with Crippen LogP contribution in [-0.2, 0) is 9.59 Å². The Labute approximate surface area is 109 Å². The van der Waals surface area contributed by atoms with Gasteiger partial charge in [0.15, 0.2) is 11.5 Å². The number of hydrogen-bond donors (Lipinski definition) is 0. The fourth-order valence-corrected chi connectivity index (χ4v) is 1.62. The minimum atomic E-state index is -0.484. The van der Waals surface area contributed by atoms with Crippen molar-refractivity contribution in [2.45, 2.75) is 13.8 Å². The van der Waals surface area contributed by atoms with Gasteiger partial charge in [0.2, 0.25) is 0 Å². The van der Waals surface area contributed by atoms with Crippen LogP contribution in [0.15, 0.2) is 21.1 Å². The second-order valence-corrected chi connectivity index (χ2v) is 4.61. The Hall–Kier alpha value is -0.880. The van der Waals surface area contributed by atoms with Gasteiger partial charge in [-0.25, -0.2) is 0 Å². The molecule has 0 saturated heterocycles. The molecule has 0 aliphatic carbocycles. The van der Waals surface area contributed by atoms with Gasteiger partial charge in [0, 0.05) is 34.9 Å². The second-order valence-electron chi connectivity index (χ2n) is 2.90. The summed E-state index contributed by atoms with van der Waals surface area (Å²) in [5, 5.41) is 0. The van der Waals surface area contributed by atoms with Gasteiger partial charge in [-0.1, -0.05) is 0 Å². The lowest BCUT2D eigenvalue weighted by atomic mass is 10.3. The first-order valence-electron chi connectivity index (χ1n) is 4.26. The van der Waals surface area contributed by atoms with Crippen LogP contribution in [-0.4, -0.2) is 11.9 Å². The second kappa shape index (κ2) is 5.45. The van der Waals surface area contributed by atoms with Crippen LogP contribution in [0.4, 0.5) is 0 Å². The van der Waals surface area contributed by atoms with Crippen LogP contribution in [0.1, 0.15) is 13.8 Å². The highest BCUT2D eigenvalue weighted by molar-refractivity contribution is 9.13. The molecule has 6 heteroatoms. The van der Waals surface area contributed by atoms with Crippen LogP contribution in [0.2, 0.25) is 0 Å². The molecule has 0 unspecified atom stereocenters. The molecule has 0 N–H and O–H groups in total. The molecule has 0 aromatic heterocycles. The number of carbonyl (C=O) groups is 2. The average molecular weight is 352 g/mol. The van der Waals surface area contributed by atoms with E-state index in [-0.39, 0.29) is 11.5 Å². The number of benzene rings is 1. The van der Waals surface area contributed by atoms with E-state index < -0.39 is 11.9 Å². The molecule has 86 valence electrons. The van der Waals surface area contributed by atoms with E-state index in [9.17, 15) is 9.59 Å². The topological polar surface area (TPSA) is 52.6 Å². The van der Waals surface area contributed by atoms with E-state index in [0.717, 1.165) is 0 Å². The molecule has 0 spiro atoms. The molecule has 0 aliphatic rings. The summed E-state index contributed by atoms with van der Waals surface area (Å²) in [6.45, 7) is 2.54. The third kappa shape index (κ3) is 3.61. The number of carbonyl (C=O) groups excluding carboxylic acids is 2. The zero-order valence-electron chi connectivity index (χ0n) is 8.54. The zero-order chi connectivity index (χ0) is 12.3. The molecule has 1 rings (SSSR count). The maximum absolute atomic E-state index is 10.9. The van der Waals surface area contributed by atoms with Crippen molar-refractivity contribution in [3.05, 3.63) is 21.1 Å². The summed E-state index contributed by atoms with van der Waals surface area (Å²) in [6, 6.07) is 3.09. The fraction of sp³-hybridized carbons (Fsp3) is 0.200. The highest BCUT2D eigenvalue weighted by Gasteiger charge is 2.13. The lowest BCUT2D eigenvalue weighted by molar-refractivity contribution is -0.134. The number of rotatable bonds is 2. The van der Waals surface area contributed by atoms with Gasteiger partial charge in [0.05, 0.1) is 0 Å². The Kier molecular flexibility index (Phi) is 4.49. The van der Waals surface area contributed by atoms with E-state index >= 15 is 0 Å². The van der Waals surface area contributed by atoms with Crippen molar-refractivity contribution in [3.63, 3.8) is 0 Å². The SMILES string of the molecule is CC(=O)Oc1cc(Br)c(Br)cc1OC(C)=O. The Morgan fingerprint density at radius 3 is 1.50 bits per heavy atom. The molecular weight excluding hydrogens is 344 g/mol. The fourth-order valence-electron chi connectivity index (χ4n) is 0.980. The van der Waals surface area contributed by atoms with Crippen molar-refractivity contribution in [3.8, 4) is 11.5 Å². The maximum atomic E-state index is 10.9.